The molecule has 0 aliphatic heterocycles. The van der Waals surface area contributed by atoms with Gasteiger partial charge in [0, 0.05) is 19.3 Å². The molecule has 0 aromatic carbocycles. The first kappa shape index (κ1) is 10.3. The van der Waals surface area contributed by atoms with Crippen molar-refractivity contribution in [2.45, 2.75) is 11.3 Å². The van der Waals surface area contributed by atoms with E-state index in [2.05, 4.69) is 10.4 Å². The molecule has 1 amide bonds. The normalized spacial score (nSPS) is 11.4. The van der Waals surface area contributed by atoms with Crippen molar-refractivity contribution in [3.63, 3.8) is 0 Å². The summed E-state index contributed by atoms with van der Waals surface area (Å²) < 4.78 is 0.132. The maximum Gasteiger partial charge on any atom is 0.261 e. The van der Waals surface area contributed by atoms with Gasteiger partial charge < -0.3 is 5.32 Å². The van der Waals surface area contributed by atoms with E-state index in [0.29, 0.717) is 5.82 Å². The molecule has 13 heavy (non-hydrogen) atoms. The SMILES string of the molecule is Cn1ccc(NC(=O)C(C)(Cl)Cl)n1. The van der Waals surface area contributed by atoms with Crippen LogP contribution in [0.2, 0.25) is 0 Å². The molecule has 0 aliphatic carbocycles. The Morgan fingerprint density at radius 2 is 2.31 bits per heavy atom. The van der Waals surface area contributed by atoms with E-state index >= 15 is 0 Å². The quantitative estimate of drug-likeness (QED) is 0.771. The van der Waals surface area contributed by atoms with Crippen molar-refractivity contribution in [3.8, 4) is 0 Å². The molecule has 1 heterocycles. The highest BCUT2D eigenvalue weighted by atomic mass is 35.5. The topological polar surface area (TPSA) is 46.9 Å². The average molecular weight is 222 g/mol. The molecule has 4 nitrogen and oxygen atoms in total. The lowest BCUT2D eigenvalue weighted by Crippen LogP contribution is -2.29. The number of amides is 1. The maximum absolute atomic E-state index is 11.2. The van der Waals surface area contributed by atoms with Gasteiger partial charge in [-0.1, -0.05) is 23.2 Å². The molecule has 0 unspecified atom stereocenters. The number of aryl methyl sites for hydroxylation is 1. The van der Waals surface area contributed by atoms with Crippen molar-refractivity contribution in [2.24, 2.45) is 7.05 Å². The van der Waals surface area contributed by atoms with Crippen LogP contribution in [-0.4, -0.2) is 20.0 Å². The van der Waals surface area contributed by atoms with Crippen LogP contribution in [0.5, 0.6) is 0 Å². The van der Waals surface area contributed by atoms with Gasteiger partial charge >= 0.3 is 0 Å². The minimum atomic E-state index is -1.43. The second-order valence-corrected chi connectivity index (χ2v) is 4.42. The number of hydrogen-bond donors (Lipinski definition) is 1. The van der Waals surface area contributed by atoms with Crippen LogP contribution in [0.4, 0.5) is 5.82 Å². The van der Waals surface area contributed by atoms with Crippen molar-refractivity contribution in [3.05, 3.63) is 12.3 Å². The fraction of sp³-hybridized carbons (Fsp3) is 0.429. The van der Waals surface area contributed by atoms with Crippen molar-refractivity contribution >= 4 is 34.9 Å². The second-order valence-electron chi connectivity index (χ2n) is 2.72. The van der Waals surface area contributed by atoms with E-state index in [0.717, 1.165) is 0 Å². The lowest BCUT2D eigenvalue weighted by molar-refractivity contribution is -0.116. The van der Waals surface area contributed by atoms with Crippen molar-refractivity contribution in [1.82, 2.24) is 9.78 Å². The van der Waals surface area contributed by atoms with Gasteiger partial charge in [0.05, 0.1) is 0 Å². The molecule has 6 heteroatoms. The van der Waals surface area contributed by atoms with E-state index in [-0.39, 0.29) is 0 Å². The van der Waals surface area contributed by atoms with E-state index < -0.39 is 10.2 Å². The van der Waals surface area contributed by atoms with Crippen LogP contribution >= 0.6 is 23.2 Å². The summed E-state index contributed by atoms with van der Waals surface area (Å²) in [4.78, 5) is 11.2. The van der Waals surface area contributed by atoms with Gasteiger partial charge in [-0.25, -0.2) is 0 Å². The van der Waals surface area contributed by atoms with Crippen LogP contribution < -0.4 is 5.32 Å². The smallest absolute Gasteiger partial charge is 0.261 e. The van der Waals surface area contributed by atoms with Gasteiger partial charge in [0.1, 0.15) is 0 Å². The molecular formula is C7H9Cl2N3O. The van der Waals surface area contributed by atoms with Gasteiger partial charge in [0.15, 0.2) is 10.2 Å². The van der Waals surface area contributed by atoms with E-state index in [9.17, 15) is 4.79 Å². The Bertz CT molecular complexity index is 316. The molecule has 0 radical (unpaired) electrons. The number of halogens is 2. The largest absolute Gasteiger partial charge is 0.307 e. The van der Waals surface area contributed by atoms with Crippen LogP contribution in [0.1, 0.15) is 6.92 Å². The number of carbonyl (C=O) groups excluding carboxylic acids is 1. The summed E-state index contributed by atoms with van der Waals surface area (Å²) in [6.07, 6.45) is 1.70. The number of nitrogens with zero attached hydrogens (tertiary/aromatic N) is 2. The Hall–Kier alpha value is -0.740. The predicted octanol–water partition coefficient (Wildman–Crippen LogP) is 1.55. The minimum Gasteiger partial charge on any atom is -0.307 e. The molecule has 72 valence electrons. The Morgan fingerprint density at radius 3 is 2.69 bits per heavy atom. The highest BCUT2D eigenvalue weighted by Gasteiger charge is 2.27. The third kappa shape index (κ3) is 2.90. The molecule has 0 aliphatic rings. The first-order valence-corrected chi connectivity index (χ1v) is 4.34. The van der Waals surface area contributed by atoms with Crippen molar-refractivity contribution < 1.29 is 4.79 Å². The molecule has 0 saturated heterocycles. The molecule has 0 bridgehead atoms. The summed E-state index contributed by atoms with van der Waals surface area (Å²) in [5, 5.41) is 6.40. The van der Waals surface area contributed by atoms with Crippen LogP contribution in [0.15, 0.2) is 12.3 Å². The summed E-state index contributed by atoms with van der Waals surface area (Å²) in [7, 11) is 1.75. The van der Waals surface area contributed by atoms with E-state index in [1.165, 1.54) is 6.92 Å². The molecule has 0 spiro atoms. The predicted molar refractivity (Wildman–Crippen MR) is 51.9 cm³/mol. The third-order valence-corrected chi connectivity index (χ3v) is 1.70. The highest BCUT2D eigenvalue weighted by Crippen LogP contribution is 2.21. The van der Waals surface area contributed by atoms with Crippen LogP contribution in [0, 0.1) is 0 Å². The molecule has 0 fully saturated rings. The number of hydrogen-bond acceptors (Lipinski definition) is 2. The van der Waals surface area contributed by atoms with E-state index in [1.807, 2.05) is 0 Å². The third-order valence-electron chi connectivity index (χ3n) is 1.35. The van der Waals surface area contributed by atoms with Gasteiger partial charge in [-0.15, -0.1) is 0 Å². The maximum atomic E-state index is 11.2. The fourth-order valence-corrected chi connectivity index (χ4v) is 0.802. The van der Waals surface area contributed by atoms with Crippen molar-refractivity contribution in [2.75, 3.05) is 5.32 Å². The molecule has 1 aromatic rings. The molecular weight excluding hydrogens is 213 g/mol. The Labute approximate surface area is 85.8 Å². The zero-order valence-electron chi connectivity index (χ0n) is 7.21. The van der Waals surface area contributed by atoms with E-state index in [1.54, 1.807) is 24.0 Å². The minimum absolute atomic E-state index is 0.431. The van der Waals surface area contributed by atoms with Crippen LogP contribution in [0.25, 0.3) is 0 Å². The molecule has 0 atom stereocenters. The number of aromatic nitrogens is 2. The van der Waals surface area contributed by atoms with Crippen molar-refractivity contribution in [1.29, 1.82) is 0 Å². The zero-order valence-corrected chi connectivity index (χ0v) is 8.73. The summed E-state index contributed by atoms with van der Waals surface area (Å²) in [5.74, 6) is -0.0606. The first-order chi connectivity index (χ1) is 5.89. The summed E-state index contributed by atoms with van der Waals surface area (Å²) in [6, 6.07) is 1.65. The fourth-order valence-electron chi connectivity index (χ4n) is 0.708. The monoisotopic (exact) mass is 221 g/mol. The highest BCUT2D eigenvalue weighted by molar-refractivity contribution is 6.58. The van der Waals surface area contributed by atoms with Gasteiger partial charge in [-0.2, -0.15) is 5.10 Å². The van der Waals surface area contributed by atoms with Gasteiger partial charge in [0.25, 0.3) is 5.91 Å². The Morgan fingerprint density at radius 1 is 1.69 bits per heavy atom. The zero-order chi connectivity index (χ0) is 10.1. The number of anilines is 1. The summed E-state index contributed by atoms with van der Waals surface area (Å²) in [6.45, 7) is 1.40. The molecule has 1 rings (SSSR count). The average Bonchev–Trinajstić information content (AvgIpc) is 2.33. The van der Waals surface area contributed by atoms with Gasteiger partial charge in [-0.3, -0.25) is 9.48 Å². The summed E-state index contributed by atoms with van der Waals surface area (Å²) in [5.41, 5.74) is 0. The van der Waals surface area contributed by atoms with Crippen LogP contribution in [0.3, 0.4) is 0 Å². The number of alkyl halides is 2. The van der Waals surface area contributed by atoms with E-state index in [4.69, 9.17) is 23.2 Å². The first-order valence-electron chi connectivity index (χ1n) is 3.58. The van der Waals surface area contributed by atoms with Gasteiger partial charge in [-0.05, 0) is 6.92 Å². The summed E-state index contributed by atoms with van der Waals surface area (Å²) >= 11 is 11.1. The van der Waals surface area contributed by atoms with Crippen LogP contribution in [-0.2, 0) is 11.8 Å². The second kappa shape index (κ2) is 3.55. The number of nitrogens with one attached hydrogen (secondary N) is 1. The Kier molecular flexibility index (Phi) is 2.83. The number of rotatable bonds is 2. The standard InChI is InChI=1S/C7H9Cl2N3O/c1-7(8,9)6(13)10-5-3-4-12(2)11-5/h3-4H,1-2H3,(H,10,11,13). The lowest BCUT2D eigenvalue weighted by Gasteiger charge is -2.11. The number of carbonyl (C=O) groups is 1. The lowest BCUT2D eigenvalue weighted by atomic mass is 10.4. The molecule has 0 saturated carbocycles. The molecule has 1 N–H and O–H groups in total. The Balaban J connectivity index is 2.65. The molecule has 1 aromatic heterocycles. The van der Waals surface area contributed by atoms with Gasteiger partial charge in [0.2, 0.25) is 0 Å².